The molecule has 0 atom stereocenters. The van der Waals surface area contributed by atoms with E-state index < -0.39 is 0 Å². The highest BCUT2D eigenvalue weighted by atomic mass is 79.9. The van der Waals surface area contributed by atoms with Crippen LogP contribution < -0.4 is 0 Å². The minimum atomic E-state index is -0.232. The molecule has 3 heteroatoms. The fourth-order valence-electron chi connectivity index (χ4n) is 0.819. The smallest absolute Gasteiger partial charge is 0.131 e. The van der Waals surface area contributed by atoms with Crippen molar-refractivity contribution in [1.29, 1.82) is 0 Å². The van der Waals surface area contributed by atoms with E-state index in [-0.39, 0.29) is 5.82 Å². The van der Waals surface area contributed by atoms with E-state index in [2.05, 4.69) is 15.9 Å². The lowest BCUT2D eigenvalue weighted by atomic mass is 10.1. The second-order valence-corrected chi connectivity index (χ2v) is 3.67. The third-order valence-electron chi connectivity index (χ3n) is 1.63. The maximum Gasteiger partial charge on any atom is 0.131 e. The van der Waals surface area contributed by atoms with E-state index in [4.69, 9.17) is 11.6 Å². The van der Waals surface area contributed by atoms with Crippen LogP contribution >= 0.6 is 27.5 Å². The SMILES string of the molecule is Cc1c(Cl)cc(Br)c(C)c1F. The first-order valence-corrected chi connectivity index (χ1v) is 4.32. The van der Waals surface area contributed by atoms with Crippen LogP contribution in [0.2, 0.25) is 5.02 Å². The van der Waals surface area contributed by atoms with Crippen LogP contribution in [0.3, 0.4) is 0 Å². The minimum Gasteiger partial charge on any atom is -0.206 e. The summed E-state index contributed by atoms with van der Waals surface area (Å²) in [5.74, 6) is -0.232. The second-order valence-electron chi connectivity index (χ2n) is 2.40. The van der Waals surface area contributed by atoms with Gasteiger partial charge in [-0.15, -0.1) is 0 Å². The summed E-state index contributed by atoms with van der Waals surface area (Å²) in [6.07, 6.45) is 0. The van der Waals surface area contributed by atoms with E-state index >= 15 is 0 Å². The molecule has 0 saturated carbocycles. The highest BCUT2D eigenvalue weighted by Gasteiger charge is 2.08. The minimum absolute atomic E-state index is 0.232. The van der Waals surface area contributed by atoms with E-state index in [0.717, 1.165) is 0 Å². The maximum atomic E-state index is 13.1. The highest BCUT2D eigenvalue weighted by Crippen LogP contribution is 2.27. The Labute approximate surface area is 78.5 Å². The monoisotopic (exact) mass is 236 g/mol. The van der Waals surface area contributed by atoms with Crippen LogP contribution in [0.1, 0.15) is 11.1 Å². The Kier molecular flexibility index (Phi) is 2.55. The van der Waals surface area contributed by atoms with Crippen LogP contribution in [-0.4, -0.2) is 0 Å². The van der Waals surface area contributed by atoms with Gasteiger partial charge in [0.1, 0.15) is 5.82 Å². The lowest BCUT2D eigenvalue weighted by molar-refractivity contribution is 0.608. The summed E-state index contributed by atoms with van der Waals surface area (Å²) in [5, 5.41) is 0.458. The van der Waals surface area contributed by atoms with E-state index in [1.807, 2.05) is 0 Å². The maximum absolute atomic E-state index is 13.1. The molecule has 0 aliphatic carbocycles. The van der Waals surface area contributed by atoms with Gasteiger partial charge in [0, 0.05) is 15.1 Å². The molecule has 1 aromatic rings. The summed E-state index contributed by atoms with van der Waals surface area (Å²) in [7, 11) is 0. The molecular formula is C8H7BrClF. The molecule has 0 nitrogen and oxygen atoms in total. The number of benzene rings is 1. The van der Waals surface area contributed by atoms with Gasteiger partial charge in [-0.3, -0.25) is 0 Å². The Morgan fingerprint density at radius 2 is 1.91 bits per heavy atom. The highest BCUT2D eigenvalue weighted by molar-refractivity contribution is 9.10. The molecule has 0 bridgehead atoms. The van der Waals surface area contributed by atoms with Gasteiger partial charge in [0.05, 0.1) is 0 Å². The summed E-state index contributed by atoms with van der Waals surface area (Å²) >= 11 is 8.93. The van der Waals surface area contributed by atoms with Gasteiger partial charge in [-0.2, -0.15) is 0 Å². The van der Waals surface area contributed by atoms with Crippen molar-refractivity contribution in [2.24, 2.45) is 0 Å². The molecule has 0 aliphatic rings. The van der Waals surface area contributed by atoms with Crippen molar-refractivity contribution < 1.29 is 4.39 Å². The number of hydrogen-bond donors (Lipinski definition) is 0. The zero-order chi connectivity index (χ0) is 8.59. The average molecular weight is 237 g/mol. The number of halogens is 3. The van der Waals surface area contributed by atoms with Crippen LogP contribution in [0.15, 0.2) is 10.5 Å². The Balaban J connectivity index is 3.46. The number of hydrogen-bond acceptors (Lipinski definition) is 0. The molecule has 0 aliphatic heterocycles. The third kappa shape index (κ3) is 1.57. The molecule has 0 saturated heterocycles. The van der Waals surface area contributed by atoms with Gasteiger partial charge < -0.3 is 0 Å². The van der Waals surface area contributed by atoms with E-state index in [9.17, 15) is 4.39 Å². The van der Waals surface area contributed by atoms with Gasteiger partial charge in [0.2, 0.25) is 0 Å². The summed E-state index contributed by atoms with van der Waals surface area (Å²) in [6.45, 7) is 3.37. The Bertz CT molecular complexity index is 270. The Morgan fingerprint density at radius 1 is 1.36 bits per heavy atom. The van der Waals surface area contributed by atoms with Gasteiger partial charge >= 0.3 is 0 Å². The molecule has 1 aromatic carbocycles. The zero-order valence-electron chi connectivity index (χ0n) is 6.21. The van der Waals surface area contributed by atoms with Crippen LogP contribution in [0.5, 0.6) is 0 Å². The molecule has 0 aromatic heterocycles. The van der Waals surface area contributed by atoms with Crippen molar-refractivity contribution in [2.75, 3.05) is 0 Å². The predicted octanol–water partition coefficient (Wildman–Crippen LogP) is 3.86. The molecule has 0 radical (unpaired) electrons. The molecular weight excluding hydrogens is 230 g/mol. The largest absolute Gasteiger partial charge is 0.206 e. The fourth-order valence-corrected chi connectivity index (χ4v) is 1.55. The molecule has 0 N–H and O–H groups in total. The summed E-state index contributed by atoms with van der Waals surface area (Å²) in [5.41, 5.74) is 1.11. The van der Waals surface area contributed by atoms with Gasteiger partial charge in [0.25, 0.3) is 0 Å². The van der Waals surface area contributed by atoms with Gasteiger partial charge in [-0.25, -0.2) is 4.39 Å². The van der Waals surface area contributed by atoms with Crippen molar-refractivity contribution >= 4 is 27.5 Å². The topological polar surface area (TPSA) is 0 Å². The van der Waals surface area contributed by atoms with Crippen LogP contribution in [0.25, 0.3) is 0 Å². The standard InChI is InChI=1S/C8H7BrClF/c1-4-6(9)3-7(10)5(2)8(4)11/h3H,1-2H3. The zero-order valence-corrected chi connectivity index (χ0v) is 8.55. The van der Waals surface area contributed by atoms with E-state index in [0.29, 0.717) is 20.6 Å². The molecule has 0 unspecified atom stereocenters. The van der Waals surface area contributed by atoms with Crippen molar-refractivity contribution in [3.63, 3.8) is 0 Å². The average Bonchev–Trinajstić information content (AvgIpc) is 1.97. The van der Waals surface area contributed by atoms with Crippen LogP contribution in [0, 0.1) is 19.7 Å². The van der Waals surface area contributed by atoms with Crippen molar-refractivity contribution in [3.8, 4) is 0 Å². The van der Waals surface area contributed by atoms with Crippen molar-refractivity contribution in [2.45, 2.75) is 13.8 Å². The van der Waals surface area contributed by atoms with Gasteiger partial charge in [-0.05, 0) is 25.5 Å². The van der Waals surface area contributed by atoms with Crippen molar-refractivity contribution in [3.05, 3.63) is 32.5 Å². The summed E-state index contributed by atoms with van der Waals surface area (Å²) < 4.78 is 13.9. The molecule has 1 rings (SSSR count). The van der Waals surface area contributed by atoms with E-state index in [1.165, 1.54) is 0 Å². The van der Waals surface area contributed by atoms with Crippen LogP contribution in [-0.2, 0) is 0 Å². The molecule has 0 fully saturated rings. The molecule has 60 valence electrons. The predicted molar refractivity (Wildman–Crippen MR) is 48.6 cm³/mol. The van der Waals surface area contributed by atoms with Gasteiger partial charge in [-0.1, -0.05) is 27.5 Å². The normalized spacial score (nSPS) is 10.3. The molecule has 0 amide bonds. The van der Waals surface area contributed by atoms with E-state index in [1.54, 1.807) is 19.9 Å². The third-order valence-corrected chi connectivity index (χ3v) is 2.84. The lowest BCUT2D eigenvalue weighted by Gasteiger charge is -2.04. The first kappa shape index (κ1) is 9.01. The van der Waals surface area contributed by atoms with Crippen molar-refractivity contribution in [1.82, 2.24) is 0 Å². The van der Waals surface area contributed by atoms with Crippen LogP contribution in [0.4, 0.5) is 4.39 Å². The summed E-state index contributed by atoms with van der Waals surface area (Å²) in [4.78, 5) is 0. The quantitative estimate of drug-likeness (QED) is 0.643. The lowest BCUT2D eigenvalue weighted by Crippen LogP contribution is -1.89. The van der Waals surface area contributed by atoms with Gasteiger partial charge in [0.15, 0.2) is 0 Å². The molecule has 11 heavy (non-hydrogen) atoms. The number of rotatable bonds is 0. The Hall–Kier alpha value is -0.0800. The molecule has 0 spiro atoms. The first-order chi connectivity index (χ1) is 5.04. The fraction of sp³-hybridized carbons (Fsp3) is 0.250. The first-order valence-electron chi connectivity index (χ1n) is 3.14. The summed E-state index contributed by atoms with van der Waals surface area (Å²) in [6, 6.07) is 1.70. The Morgan fingerprint density at radius 3 is 2.45 bits per heavy atom. The molecule has 0 heterocycles. The second kappa shape index (κ2) is 3.11.